The van der Waals surface area contributed by atoms with Crippen LogP contribution in [-0.2, 0) is 9.59 Å². The molecule has 1 atom stereocenters. The van der Waals surface area contributed by atoms with Gasteiger partial charge < -0.3 is 0 Å². The molecule has 1 aliphatic rings. The van der Waals surface area contributed by atoms with Crippen molar-refractivity contribution in [3.05, 3.63) is 11.6 Å². The summed E-state index contributed by atoms with van der Waals surface area (Å²) in [4.78, 5) is 24.1. The first-order valence-electron chi connectivity index (χ1n) is 4.63. The highest BCUT2D eigenvalue weighted by atomic mass is 16.2. The van der Waals surface area contributed by atoms with Gasteiger partial charge in [0.2, 0.25) is 0 Å². The maximum absolute atomic E-state index is 11.5. The Labute approximate surface area is 83.8 Å². The molecule has 0 saturated carbocycles. The maximum atomic E-state index is 11.5. The first-order chi connectivity index (χ1) is 6.61. The highest BCUT2D eigenvalue weighted by molar-refractivity contribution is 6.16. The molecule has 3 nitrogen and oxygen atoms in total. The van der Waals surface area contributed by atoms with Gasteiger partial charge in [0.15, 0.2) is 0 Å². The number of nitrogens with zero attached hydrogens (tertiary/aromatic N) is 1. The normalized spacial score (nSPS) is 18.1. The summed E-state index contributed by atoms with van der Waals surface area (Å²) in [6, 6.07) is -0.395. The van der Waals surface area contributed by atoms with E-state index < -0.39 is 6.04 Å². The van der Waals surface area contributed by atoms with E-state index in [1.165, 1.54) is 11.0 Å². The van der Waals surface area contributed by atoms with Crippen LogP contribution in [0.5, 0.6) is 0 Å². The topological polar surface area (TPSA) is 37.4 Å². The predicted octanol–water partition coefficient (Wildman–Crippen LogP) is 1.10. The van der Waals surface area contributed by atoms with Gasteiger partial charge >= 0.3 is 0 Å². The minimum atomic E-state index is -0.395. The molecule has 1 unspecified atom stereocenters. The SMILES string of the molecule is C#CC(CCC)N1C(=O)C=C(C)C1=O. The molecule has 0 bridgehead atoms. The van der Waals surface area contributed by atoms with E-state index in [1.807, 2.05) is 6.92 Å². The molecular weight excluding hydrogens is 178 g/mol. The third-order valence-corrected chi connectivity index (χ3v) is 2.20. The molecule has 1 heterocycles. The number of hydrogen-bond acceptors (Lipinski definition) is 2. The summed E-state index contributed by atoms with van der Waals surface area (Å²) in [5.74, 6) is 1.93. The number of carbonyl (C=O) groups excluding carboxylic acids is 2. The van der Waals surface area contributed by atoms with E-state index in [-0.39, 0.29) is 11.8 Å². The monoisotopic (exact) mass is 191 g/mol. The minimum Gasteiger partial charge on any atom is -0.269 e. The molecule has 74 valence electrons. The molecule has 0 fully saturated rings. The summed E-state index contributed by atoms with van der Waals surface area (Å²) < 4.78 is 0. The van der Waals surface area contributed by atoms with Crippen molar-refractivity contribution in [2.75, 3.05) is 0 Å². The first kappa shape index (κ1) is 10.5. The van der Waals surface area contributed by atoms with E-state index in [4.69, 9.17) is 6.42 Å². The molecule has 2 amide bonds. The molecule has 0 aromatic rings. The Kier molecular flexibility index (Phi) is 3.08. The van der Waals surface area contributed by atoms with Crippen molar-refractivity contribution < 1.29 is 9.59 Å². The van der Waals surface area contributed by atoms with Gasteiger partial charge in [-0.15, -0.1) is 6.42 Å². The summed E-state index contributed by atoms with van der Waals surface area (Å²) >= 11 is 0. The van der Waals surface area contributed by atoms with Crippen LogP contribution < -0.4 is 0 Å². The lowest BCUT2D eigenvalue weighted by Crippen LogP contribution is -2.39. The van der Waals surface area contributed by atoms with Crippen molar-refractivity contribution in [1.82, 2.24) is 4.90 Å². The maximum Gasteiger partial charge on any atom is 0.257 e. The number of imide groups is 1. The van der Waals surface area contributed by atoms with Crippen molar-refractivity contribution in [3.8, 4) is 12.3 Å². The van der Waals surface area contributed by atoms with Crippen LogP contribution in [-0.4, -0.2) is 22.8 Å². The Bertz CT molecular complexity index is 336. The Morgan fingerprint density at radius 3 is 2.57 bits per heavy atom. The molecule has 0 N–H and O–H groups in total. The molecule has 0 spiro atoms. The zero-order valence-electron chi connectivity index (χ0n) is 8.41. The average molecular weight is 191 g/mol. The van der Waals surface area contributed by atoms with Gasteiger partial charge in [-0.25, -0.2) is 0 Å². The van der Waals surface area contributed by atoms with E-state index in [0.717, 1.165) is 6.42 Å². The third-order valence-electron chi connectivity index (χ3n) is 2.20. The highest BCUT2D eigenvalue weighted by Gasteiger charge is 2.32. The Balaban J connectivity index is 2.85. The summed E-state index contributed by atoms with van der Waals surface area (Å²) in [6.45, 7) is 3.59. The Morgan fingerprint density at radius 1 is 1.57 bits per heavy atom. The van der Waals surface area contributed by atoms with Gasteiger partial charge in [-0.05, 0) is 13.3 Å². The second-order valence-electron chi connectivity index (χ2n) is 3.31. The van der Waals surface area contributed by atoms with Crippen LogP contribution in [0.4, 0.5) is 0 Å². The van der Waals surface area contributed by atoms with Crippen LogP contribution in [0.15, 0.2) is 11.6 Å². The van der Waals surface area contributed by atoms with Crippen LogP contribution in [0.1, 0.15) is 26.7 Å². The fourth-order valence-corrected chi connectivity index (χ4v) is 1.46. The van der Waals surface area contributed by atoms with Crippen molar-refractivity contribution in [3.63, 3.8) is 0 Å². The van der Waals surface area contributed by atoms with E-state index >= 15 is 0 Å². The van der Waals surface area contributed by atoms with E-state index in [1.54, 1.807) is 6.92 Å². The number of rotatable bonds is 3. The predicted molar refractivity (Wildman–Crippen MR) is 53.1 cm³/mol. The fraction of sp³-hybridized carbons (Fsp3) is 0.455. The van der Waals surface area contributed by atoms with Crippen LogP contribution in [0.2, 0.25) is 0 Å². The molecule has 0 aromatic heterocycles. The van der Waals surface area contributed by atoms with E-state index in [9.17, 15) is 9.59 Å². The summed E-state index contributed by atoms with van der Waals surface area (Å²) in [7, 11) is 0. The van der Waals surface area contributed by atoms with Crippen LogP contribution in [0.3, 0.4) is 0 Å². The molecule has 14 heavy (non-hydrogen) atoms. The average Bonchev–Trinajstić information content (AvgIpc) is 2.39. The lowest BCUT2D eigenvalue weighted by Gasteiger charge is -2.21. The molecule has 3 heteroatoms. The molecule has 0 radical (unpaired) electrons. The first-order valence-corrected chi connectivity index (χ1v) is 4.63. The number of carbonyl (C=O) groups is 2. The standard InChI is InChI=1S/C11H13NO2/c1-4-6-9(5-2)12-10(13)7-8(3)11(12)14/h2,7,9H,4,6H2,1,3H3. The van der Waals surface area contributed by atoms with Gasteiger partial charge in [0.05, 0.1) is 0 Å². The van der Waals surface area contributed by atoms with Crippen LogP contribution in [0.25, 0.3) is 0 Å². The van der Waals surface area contributed by atoms with E-state index in [0.29, 0.717) is 12.0 Å². The molecule has 0 aliphatic carbocycles. The van der Waals surface area contributed by atoms with Crippen molar-refractivity contribution in [2.45, 2.75) is 32.7 Å². The molecule has 0 saturated heterocycles. The summed E-state index contributed by atoms with van der Waals surface area (Å²) in [6.07, 6.45) is 8.14. The lowest BCUT2D eigenvalue weighted by molar-refractivity contribution is -0.138. The molecular formula is C11H13NO2. The quantitative estimate of drug-likeness (QED) is 0.495. The fourth-order valence-electron chi connectivity index (χ4n) is 1.46. The smallest absolute Gasteiger partial charge is 0.257 e. The number of hydrogen-bond donors (Lipinski definition) is 0. The number of amides is 2. The highest BCUT2D eigenvalue weighted by Crippen LogP contribution is 2.17. The van der Waals surface area contributed by atoms with Gasteiger partial charge in [-0.1, -0.05) is 19.3 Å². The zero-order valence-corrected chi connectivity index (χ0v) is 8.41. The molecule has 1 rings (SSSR count). The van der Waals surface area contributed by atoms with Gasteiger partial charge in [0.1, 0.15) is 6.04 Å². The van der Waals surface area contributed by atoms with Crippen molar-refractivity contribution in [1.29, 1.82) is 0 Å². The molecule has 1 aliphatic heterocycles. The van der Waals surface area contributed by atoms with Gasteiger partial charge in [0, 0.05) is 11.6 Å². The van der Waals surface area contributed by atoms with Gasteiger partial charge in [-0.2, -0.15) is 0 Å². The second-order valence-corrected chi connectivity index (χ2v) is 3.31. The van der Waals surface area contributed by atoms with Gasteiger partial charge in [0.25, 0.3) is 11.8 Å². The second kappa shape index (κ2) is 4.10. The Hall–Kier alpha value is -1.56. The van der Waals surface area contributed by atoms with E-state index in [2.05, 4.69) is 5.92 Å². The van der Waals surface area contributed by atoms with Gasteiger partial charge in [-0.3, -0.25) is 14.5 Å². The lowest BCUT2D eigenvalue weighted by atomic mass is 10.1. The van der Waals surface area contributed by atoms with Crippen LogP contribution >= 0.6 is 0 Å². The third kappa shape index (κ3) is 1.69. The van der Waals surface area contributed by atoms with Crippen LogP contribution in [0, 0.1) is 12.3 Å². The molecule has 0 aromatic carbocycles. The largest absolute Gasteiger partial charge is 0.269 e. The van der Waals surface area contributed by atoms with Crippen molar-refractivity contribution in [2.24, 2.45) is 0 Å². The number of terminal acetylenes is 1. The minimum absolute atomic E-state index is 0.258. The van der Waals surface area contributed by atoms with Crippen molar-refractivity contribution >= 4 is 11.8 Å². The Morgan fingerprint density at radius 2 is 2.21 bits per heavy atom. The summed E-state index contributed by atoms with van der Waals surface area (Å²) in [5.41, 5.74) is 0.464. The summed E-state index contributed by atoms with van der Waals surface area (Å²) in [5, 5.41) is 0. The zero-order chi connectivity index (χ0) is 10.7.